The van der Waals surface area contributed by atoms with E-state index < -0.39 is 10.0 Å². The summed E-state index contributed by atoms with van der Waals surface area (Å²) < 4.78 is 45.2. The Balaban J connectivity index is 1.22. The molecule has 0 fully saturated rings. The van der Waals surface area contributed by atoms with Crippen LogP contribution in [0.4, 0.5) is 0 Å². The van der Waals surface area contributed by atoms with E-state index in [0.717, 1.165) is 36.1 Å². The predicted molar refractivity (Wildman–Crippen MR) is 189 cm³/mol. The van der Waals surface area contributed by atoms with E-state index in [1.54, 1.807) is 24.3 Å². The molecule has 9 nitrogen and oxygen atoms in total. The number of ether oxygens (including phenoxy) is 3. The molecule has 2 aromatic carbocycles. The molecule has 2 N–H and O–H groups in total. The van der Waals surface area contributed by atoms with Crippen LogP contribution in [0.25, 0.3) is 0 Å². The molecule has 0 aliphatic carbocycles. The minimum absolute atomic E-state index is 0.0564. The normalized spacial score (nSPS) is 15.1. The highest BCUT2D eigenvalue weighted by molar-refractivity contribution is 7.89. The molecular formula is C35H53Cl2N3O6S. The summed E-state index contributed by atoms with van der Waals surface area (Å²) in [7, 11) is -1.71. The number of rotatable bonds is 24. The maximum absolute atomic E-state index is 13.0. The molecule has 1 atom stereocenters. The first-order valence-electron chi connectivity index (χ1n) is 17.0. The molecule has 1 heterocycles. The van der Waals surface area contributed by atoms with Crippen LogP contribution < -0.4 is 10.0 Å². The summed E-state index contributed by atoms with van der Waals surface area (Å²) in [4.78, 5) is 14.3. The second-order valence-corrected chi connectivity index (χ2v) is 14.7. The Morgan fingerprint density at radius 1 is 0.872 bits per heavy atom. The van der Waals surface area contributed by atoms with Crippen molar-refractivity contribution in [3.8, 4) is 0 Å². The lowest BCUT2D eigenvalue weighted by molar-refractivity contribution is -0.121. The molecule has 0 saturated heterocycles. The number of hydrogen-bond donors (Lipinski definition) is 2. The van der Waals surface area contributed by atoms with Gasteiger partial charge in [0.2, 0.25) is 15.9 Å². The van der Waals surface area contributed by atoms with Crippen molar-refractivity contribution in [2.45, 2.75) is 82.1 Å². The highest BCUT2D eigenvalue weighted by Gasteiger charge is 2.28. The SMILES string of the molecule is CCCCCCCCCCC(=O)NCCOCCOCCOCCNS(=O)(=O)c1cccc([C@@H]2CN(C)Cc3c(Cl)cc(Cl)cc32)c1. The summed E-state index contributed by atoms with van der Waals surface area (Å²) in [5.74, 6) is 0.0259. The van der Waals surface area contributed by atoms with Crippen molar-refractivity contribution in [1.29, 1.82) is 0 Å². The number of benzene rings is 2. The van der Waals surface area contributed by atoms with Gasteiger partial charge in [0.25, 0.3) is 0 Å². The van der Waals surface area contributed by atoms with Gasteiger partial charge in [0.15, 0.2) is 0 Å². The van der Waals surface area contributed by atoms with Crippen molar-refractivity contribution >= 4 is 39.1 Å². The zero-order chi connectivity index (χ0) is 33.9. The van der Waals surface area contributed by atoms with Gasteiger partial charge in [-0.15, -0.1) is 0 Å². The number of unbranched alkanes of at least 4 members (excludes halogenated alkanes) is 7. The standard InChI is InChI=1S/C35H53Cl2N3O6S/c1-3-4-5-6-7-8-9-10-14-35(41)38-15-17-44-19-21-46-22-20-45-18-16-39-47(42,43)30-13-11-12-28(23-30)32-26-40(2)27-33-31(32)24-29(36)25-34(33)37/h11-13,23-25,32,39H,3-10,14-22,26-27H2,1-2H3,(H,38,41)/t32-/m0/s1. The second-order valence-electron chi connectivity index (χ2n) is 12.1. The van der Waals surface area contributed by atoms with E-state index in [1.807, 2.05) is 19.2 Å². The number of hydrogen-bond acceptors (Lipinski definition) is 7. The lowest BCUT2D eigenvalue weighted by atomic mass is 9.85. The van der Waals surface area contributed by atoms with Gasteiger partial charge in [-0.05, 0) is 54.4 Å². The van der Waals surface area contributed by atoms with Gasteiger partial charge in [-0.2, -0.15) is 0 Å². The van der Waals surface area contributed by atoms with Gasteiger partial charge in [0, 0.05) is 48.6 Å². The molecule has 1 amide bonds. The quantitative estimate of drug-likeness (QED) is 0.119. The van der Waals surface area contributed by atoms with Crippen molar-refractivity contribution in [2.75, 3.05) is 66.3 Å². The van der Waals surface area contributed by atoms with Crippen molar-refractivity contribution in [2.24, 2.45) is 0 Å². The maximum atomic E-state index is 13.0. The molecule has 0 spiro atoms. The summed E-state index contributed by atoms with van der Waals surface area (Å²) >= 11 is 12.8. The Morgan fingerprint density at radius 3 is 2.21 bits per heavy atom. The first kappa shape index (κ1) is 39.7. The second kappa shape index (κ2) is 22.1. The number of fused-ring (bicyclic) bond motifs is 1. The molecule has 0 aromatic heterocycles. The number of nitrogens with one attached hydrogen (secondary N) is 2. The number of carbonyl (C=O) groups excluding carboxylic acids is 1. The third-order valence-electron chi connectivity index (χ3n) is 8.17. The monoisotopic (exact) mass is 713 g/mol. The lowest BCUT2D eigenvalue weighted by Crippen LogP contribution is -2.31. The van der Waals surface area contributed by atoms with Gasteiger partial charge in [-0.1, -0.05) is 87.2 Å². The molecule has 0 bridgehead atoms. The highest BCUT2D eigenvalue weighted by Crippen LogP contribution is 2.38. The van der Waals surface area contributed by atoms with Gasteiger partial charge < -0.3 is 24.4 Å². The Kier molecular flexibility index (Phi) is 18.6. The van der Waals surface area contributed by atoms with Crippen LogP contribution in [0.1, 0.15) is 87.3 Å². The molecule has 1 aliphatic rings. The van der Waals surface area contributed by atoms with E-state index in [-0.39, 0.29) is 29.9 Å². The van der Waals surface area contributed by atoms with Crippen LogP contribution in [0, 0.1) is 0 Å². The molecule has 47 heavy (non-hydrogen) atoms. The lowest BCUT2D eigenvalue weighted by Gasteiger charge is -2.33. The van der Waals surface area contributed by atoms with Crippen LogP contribution in [0.2, 0.25) is 10.0 Å². The van der Waals surface area contributed by atoms with Crippen LogP contribution in [0.3, 0.4) is 0 Å². The summed E-state index contributed by atoms with van der Waals surface area (Å²) in [6.07, 6.45) is 10.3. The van der Waals surface area contributed by atoms with Crippen LogP contribution >= 0.6 is 23.2 Å². The Morgan fingerprint density at radius 2 is 1.51 bits per heavy atom. The van der Waals surface area contributed by atoms with Gasteiger partial charge >= 0.3 is 0 Å². The first-order chi connectivity index (χ1) is 22.7. The fourth-order valence-corrected chi connectivity index (χ4v) is 7.31. The number of likely N-dealkylation sites (N-methyl/N-ethyl adjacent to an activating group) is 1. The van der Waals surface area contributed by atoms with Crippen molar-refractivity contribution < 1.29 is 27.4 Å². The topological polar surface area (TPSA) is 106 Å². The fraction of sp³-hybridized carbons (Fsp3) is 0.629. The van der Waals surface area contributed by atoms with Gasteiger partial charge in [-0.25, -0.2) is 13.1 Å². The average molecular weight is 715 g/mol. The van der Waals surface area contributed by atoms with E-state index in [2.05, 4.69) is 21.9 Å². The number of nitrogens with zero attached hydrogens (tertiary/aromatic N) is 1. The predicted octanol–water partition coefficient (Wildman–Crippen LogP) is 6.55. The zero-order valence-electron chi connectivity index (χ0n) is 28.0. The summed E-state index contributed by atoms with van der Waals surface area (Å²) in [5, 5.41) is 4.08. The average Bonchev–Trinajstić information content (AvgIpc) is 3.04. The van der Waals surface area contributed by atoms with E-state index in [1.165, 1.54) is 38.5 Å². The number of halogens is 2. The Hall–Kier alpha value is -1.76. The number of sulfonamides is 1. The van der Waals surface area contributed by atoms with E-state index in [0.29, 0.717) is 62.6 Å². The minimum atomic E-state index is -3.73. The third-order valence-corrected chi connectivity index (χ3v) is 10.2. The molecular weight excluding hydrogens is 661 g/mol. The van der Waals surface area contributed by atoms with E-state index in [9.17, 15) is 13.2 Å². The molecule has 0 saturated carbocycles. The minimum Gasteiger partial charge on any atom is -0.378 e. The van der Waals surface area contributed by atoms with Gasteiger partial charge in [-0.3, -0.25) is 4.79 Å². The Labute approximate surface area is 292 Å². The van der Waals surface area contributed by atoms with Gasteiger partial charge in [0.05, 0.1) is 44.5 Å². The van der Waals surface area contributed by atoms with Crippen molar-refractivity contribution in [3.05, 3.63) is 63.1 Å². The molecule has 3 rings (SSSR count). The smallest absolute Gasteiger partial charge is 0.240 e. The largest absolute Gasteiger partial charge is 0.378 e. The molecule has 0 radical (unpaired) electrons. The highest BCUT2D eigenvalue weighted by atomic mass is 35.5. The van der Waals surface area contributed by atoms with Crippen LogP contribution in [0.15, 0.2) is 41.3 Å². The van der Waals surface area contributed by atoms with Crippen molar-refractivity contribution in [3.63, 3.8) is 0 Å². The zero-order valence-corrected chi connectivity index (χ0v) is 30.4. The van der Waals surface area contributed by atoms with Crippen LogP contribution in [-0.2, 0) is 35.6 Å². The van der Waals surface area contributed by atoms with Crippen LogP contribution in [0.5, 0.6) is 0 Å². The van der Waals surface area contributed by atoms with Crippen LogP contribution in [-0.4, -0.2) is 85.5 Å². The number of amides is 1. The van der Waals surface area contributed by atoms with E-state index in [4.69, 9.17) is 37.4 Å². The maximum Gasteiger partial charge on any atom is 0.240 e. The summed E-state index contributed by atoms with van der Waals surface area (Å²) in [5.41, 5.74) is 2.92. The summed E-state index contributed by atoms with van der Waals surface area (Å²) in [6, 6.07) is 10.7. The molecule has 1 aliphatic heterocycles. The molecule has 2 aromatic rings. The fourth-order valence-electron chi connectivity index (χ4n) is 5.67. The number of carbonyl (C=O) groups is 1. The Bertz CT molecular complexity index is 1330. The molecule has 264 valence electrons. The molecule has 0 unspecified atom stereocenters. The summed E-state index contributed by atoms with van der Waals surface area (Å²) in [6.45, 7) is 6.51. The third kappa shape index (κ3) is 14.7. The van der Waals surface area contributed by atoms with Gasteiger partial charge in [0.1, 0.15) is 0 Å². The van der Waals surface area contributed by atoms with Crippen molar-refractivity contribution in [1.82, 2.24) is 14.9 Å². The molecule has 12 heteroatoms. The first-order valence-corrected chi connectivity index (χ1v) is 19.2. The van der Waals surface area contributed by atoms with E-state index >= 15 is 0 Å².